The Bertz CT molecular complexity index is 1770. The third-order valence-corrected chi connectivity index (χ3v) is 7.98. The second-order valence-corrected chi connectivity index (χ2v) is 10.6. The van der Waals surface area contributed by atoms with Gasteiger partial charge in [0.1, 0.15) is 22.8 Å². The van der Waals surface area contributed by atoms with E-state index in [1.165, 1.54) is 29.4 Å². The van der Waals surface area contributed by atoms with Gasteiger partial charge in [-0.25, -0.2) is 5.01 Å². The average Bonchev–Trinajstić information content (AvgIpc) is 3.23. The summed E-state index contributed by atoms with van der Waals surface area (Å²) in [6, 6.07) is 19.0. The largest absolute Gasteiger partial charge is 0.507 e. The van der Waals surface area contributed by atoms with E-state index in [0.717, 1.165) is 52.3 Å². The first-order chi connectivity index (χ1) is 20.7. The Hall–Kier alpha value is -5.38. The summed E-state index contributed by atoms with van der Waals surface area (Å²) in [6.07, 6.45) is 1.29. The molecule has 10 nitrogen and oxygen atoms in total. The number of fused-ring (bicyclic) bond motifs is 6. The third kappa shape index (κ3) is 4.25. The molecule has 0 atom stereocenters. The average molecular weight is 578 g/mol. The molecule has 0 radical (unpaired) electrons. The molecule has 0 saturated carbocycles. The Morgan fingerprint density at radius 1 is 0.930 bits per heavy atom. The fourth-order valence-electron chi connectivity index (χ4n) is 6.04. The second-order valence-electron chi connectivity index (χ2n) is 10.6. The predicted molar refractivity (Wildman–Crippen MR) is 166 cm³/mol. The number of nitrogens with one attached hydrogen (secondary N) is 2. The summed E-state index contributed by atoms with van der Waals surface area (Å²) in [6.45, 7) is 9.48. The van der Waals surface area contributed by atoms with E-state index in [2.05, 4.69) is 10.6 Å². The molecule has 4 aromatic carbocycles. The van der Waals surface area contributed by atoms with E-state index in [1.54, 1.807) is 6.07 Å². The highest BCUT2D eigenvalue weighted by molar-refractivity contribution is 6.03. The normalized spacial score (nSPS) is 14.3. The maximum Gasteiger partial charge on any atom is 0.275 e. The summed E-state index contributed by atoms with van der Waals surface area (Å²) in [7, 11) is 0. The number of nitro benzene ring substituents is 1. The minimum atomic E-state index is -1.23. The van der Waals surface area contributed by atoms with Gasteiger partial charge in [0, 0.05) is 76.5 Å². The zero-order valence-corrected chi connectivity index (χ0v) is 24.3. The molecule has 218 valence electrons. The number of nitrogens with zero attached hydrogens (tertiary/aromatic N) is 3. The Kier molecular flexibility index (Phi) is 6.76. The Morgan fingerprint density at radius 3 is 2.12 bits per heavy atom. The summed E-state index contributed by atoms with van der Waals surface area (Å²) in [5.41, 5.74) is 5.09. The molecule has 0 saturated heterocycles. The Labute approximate surface area is 248 Å². The molecule has 1 spiro atoms. The summed E-state index contributed by atoms with van der Waals surface area (Å²) in [5, 5.41) is 34.9. The molecule has 4 aromatic rings. The highest BCUT2D eigenvalue weighted by Crippen LogP contribution is 2.59. The number of aromatic hydroxyl groups is 1. The van der Waals surface area contributed by atoms with E-state index in [4.69, 9.17) is 9.84 Å². The van der Waals surface area contributed by atoms with Crippen LogP contribution in [0.2, 0.25) is 0 Å². The van der Waals surface area contributed by atoms with Crippen molar-refractivity contribution < 1.29 is 19.6 Å². The first kappa shape index (κ1) is 27.8. The third-order valence-electron chi connectivity index (χ3n) is 7.98. The number of hydrogen-bond acceptors (Lipinski definition) is 8. The smallest absolute Gasteiger partial charge is 0.275 e. The summed E-state index contributed by atoms with van der Waals surface area (Å²) >= 11 is 0. The molecule has 0 unspecified atom stereocenters. The molecular formula is C33H31N5O5. The van der Waals surface area contributed by atoms with Crippen LogP contribution >= 0.6 is 0 Å². The molecule has 10 heteroatoms. The second kappa shape index (κ2) is 10.5. The number of amides is 1. The van der Waals surface area contributed by atoms with Crippen molar-refractivity contribution >= 4 is 29.2 Å². The van der Waals surface area contributed by atoms with Crippen molar-refractivity contribution in [3.63, 3.8) is 0 Å². The van der Waals surface area contributed by atoms with Crippen LogP contribution in [0.3, 0.4) is 0 Å². The number of carbonyl (C=O) groups excluding carboxylic acids is 1. The number of non-ortho nitro benzene ring substituents is 1. The molecule has 0 aromatic heterocycles. The SMILES string of the molecule is CCNc1cc2c(cc1C)C1(c3cc(C)c(NCC)cc3O2)c2ccccc2C(=O)N1/N=C/c1cc([N+](=O)[O-])ccc1O. The summed E-state index contributed by atoms with van der Waals surface area (Å²) in [5.74, 6) is 0.599. The maximum absolute atomic E-state index is 14.3. The van der Waals surface area contributed by atoms with Crippen molar-refractivity contribution in [2.75, 3.05) is 23.7 Å². The minimum absolute atomic E-state index is 0.109. The fourth-order valence-corrected chi connectivity index (χ4v) is 6.04. The quantitative estimate of drug-likeness (QED) is 0.127. The molecule has 6 rings (SSSR count). The molecule has 2 heterocycles. The van der Waals surface area contributed by atoms with Crippen LogP contribution in [0, 0.1) is 24.0 Å². The Balaban J connectivity index is 1.67. The monoisotopic (exact) mass is 577 g/mol. The minimum Gasteiger partial charge on any atom is -0.507 e. The van der Waals surface area contributed by atoms with Gasteiger partial charge in [0.05, 0.1) is 11.1 Å². The van der Waals surface area contributed by atoms with Crippen LogP contribution in [0.15, 0.2) is 71.8 Å². The molecule has 0 aliphatic carbocycles. The van der Waals surface area contributed by atoms with Crippen LogP contribution in [0.25, 0.3) is 0 Å². The van der Waals surface area contributed by atoms with E-state index in [1.807, 2.05) is 70.2 Å². The van der Waals surface area contributed by atoms with Gasteiger partial charge in [-0.2, -0.15) is 5.10 Å². The van der Waals surface area contributed by atoms with Gasteiger partial charge in [0.2, 0.25) is 0 Å². The molecule has 3 N–H and O–H groups in total. The lowest BCUT2D eigenvalue weighted by Crippen LogP contribution is -2.44. The van der Waals surface area contributed by atoms with Crippen LogP contribution in [0.1, 0.15) is 57.6 Å². The van der Waals surface area contributed by atoms with E-state index in [9.17, 15) is 20.0 Å². The van der Waals surface area contributed by atoms with Crippen LogP contribution in [-0.2, 0) is 5.54 Å². The Morgan fingerprint density at radius 2 is 1.53 bits per heavy atom. The zero-order chi connectivity index (χ0) is 30.5. The number of rotatable bonds is 7. The molecular weight excluding hydrogens is 546 g/mol. The molecule has 2 aliphatic heterocycles. The van der Waals surface area contributed by atoms with Crippen molar-refractivity contribution in [3.05, 3.63) is 116 Å². The van der Waals surface area contributed by atoms with Crippen molar-refractivity contribution in [3.8, 4) is 17.2 Å². The summed E-state index contributed by atoms with van der Waals surface area (Å²) < 4.78 is 6.59. The van der Waals surface area contributed by atoms with Crippen LogP contribution in [-0.4, -0.2) is 40.3 Å². The van der Waals surface area contributed by atoms with Crippen LogP contribution < -0.4 is 15.4 Å². The first-order valence-electron chi connectivity index (χ1n) is 14.1. The number of ether oxygens (including phenoxy) is 1. The van der Waals surface area contributed by atoms with Gasteiger partial charge in [-0.3, -0.25) is 14.9 Å². The number of aryl methyl sites for hydroxylation is 2. The lowest BCUT2D eigenvalue weighted by Gasteiger charge is -2.42. The van der Waals surface area contributed by atoms with E-state index in [-0.39, 0.29) is 22.9 Å². The fraction of sp³-hybridized carbons (Fsp3) is 0.212. The van der Waals surface area contributed by atoms with Crippen molar-refractivity contribution in [2.45, 2.75) is 33.2 Å². The number of benzene rings is 4. The van der Waals surface area contributed by atoms with Gasteiger partial charge in [-0.15, -0.1) is 0 Å². The highest BCUT2D eigenvalue weighted by atomic mass is 16.6. The molecule has 43 heavy (non-hydrogen) atoms. The standard InChI is InChI=1S/C33H31N5O5/c1-5-34-27-16-30-25(13-19(27)3)33(26-14-20(4)28(35-6-2)17-31(26)43-30)24-10-8-7-9-23(24)32(40)37(33)36-18-21-15-22(38(41)42)11-12-29(21)39/h7-18,34-35,39H,5-6H2,1-4H3/b36-18+. The van der Waals surface area contributed by atoms with E-state index in [0.29, 0.717) is 17.1 Å². The number of phenols is 1. The van der Waals surface area contributed by atoms with E-state index >= 15 is 0 Å². The number of nitro groups is 1. The molecule has 0 bridgehead atoms. The summed E-state index contributed by atoms with van der Waals surface area (Å²) in [4.78, 5) is 25.2. The lowest BCUT2D eigenvalue weighted by atomic mass is 9.74. The zero-order valence-electron chi connectivity index (χ0n) is 24.3. The van der Waals surface area contributed by atoms with Gasteiger partial charge in [0.15, 0.2) is 0 Å². The van der Waals surface area contributed by atoms with Crippen molar-refractivity contribution in [2.24, 2.45) is 5.10 Å². The van der Waals surface area contributed by atoms with Crippen molar-refractivity contribution in [1.29, 1.82) is 0 Å². The van der Waals surface area contributed by atoms with Gasteiger partial charge >= 0.3 is 0 Å². The van der Waals surface area contributed by atoms with Gasteiger partial charge in [-0.1, -0.05) is 18.2 Å². The number of hydrogen-bond donors (Lipinski definition) is 3. The highest BCUT2D eigenvalue weighted by Gasteiger charge is 2.57. The van der Waals surface area contributed by atoms with Crippen LogP contribution in [0.4, 0.5) is 17.1 Å². The number of carbonyl (C=O) groups is 1. The first-order valence-corrected chi connectivity index (χ1v) is 14.1. The van der Waals surface area contributed by atoms with Crippen LogP contribution in [0.5, 0.6) is 17.2 Å². The molecule has 0 fully saturated rings. The van der Waals surface area contributed by atoms with Gasteiger partial charge < -0.3 is 20.5 Å². The topological polar surface area (TPSA) is 129 Å². The van der Waals surface area contributed by atoms with Gasteiger partial charge in [-0.05, 0) is 63.1 Å². The maximum atomic E-state index is 14.3. The predicted octanol–water partition coefficient (Wildman–Crippen LogP) is 6.67. The van der Waals surface area contributed by atoms with E-state index < -0.39 is 10.5 Å². The molecule has 1 amide bonds. The lowest BCUT2D eigenvalue weighted by molar-refractivity contribution is -0.384. The van der Waals surface area contributed by atoms with Gasteiger partial charge in [0.25, 0.3) is 11.6 Å². The molecule has 2 aliphatic rings. The number of anilines is 2. The number of phenolic OH excluding ortho intramolecular Hbond substituents is 1. The van der Waals surface area contributed by atoms with Crippen molar-refractivity contribution in [1.82, 2.24) is 5.01 Å². The number of hydrazone groups is 1.